The lowest BCUT2D eigenvalue weighted by atomic mass is 9.88. The Morgan fingerprint density at radius 1 is 0.978 bits per heavy atom. The minimum atomic E-state index is -0.785. The maximum absolute atomic E-state index is 14.7. The summed E-state index contributed by atoms with van der Waals surface area (Å²) in [7, 11) is 4.10. The van der Waals surface area contributed by atoms with E-state index in [9.17, 15) is 9.59 Å². The first-order chi connectivity index (χ1) is 21.7. The molecule has 2 unspecified atom stereocenters. The van der Waals surface area contributed by atoms with Crippen molar-refractivity contribution in [2.45, 2.75) is 25.3 Å². The molecule has 0 spiro atoms. The standard InChI is InChI=1S/C35H40Cl2N6O2/c1-23(30-20-38-31-7-5-4-6-29(30)31)33(39-35(45)42-16-14-41(15-17-42)28-11-8-26(36)9-12-28)34(44)43-22-24(21-40(2)3)18-25-19-27(37)10-13-32(25)43/h4-13,19-20,23-24,33,38H,14-18,21-22H2,1-3H3,(H,39,45)/t23?,24-,33?/m1/s1. The first kappa shape index (κ1) is 31.3. The first-order valence-corrected chi connectivity index (χ1v) is 16.3. The summed E-state index contributed by atoms with van der Waals surface area (Å²) in [5.74, 6) is -0.179. The molecular formula is C35H40Cl2N6O2. The maximum atomic E-state index is 14.7. The Kier molecular flexibility index (Phi) is 9.26. The molecule has 236 valence electrons. The van der Waals surface area contributed by atoms with Gasteiger partial charge < -0.3 is 29.9 Å². The van der Waals surface area contributed by atoms with Gasteiger partial charge in [0.2, 0.25) is 5.91 Å². The van der Waals surface area contributed by atoms with Gasteiger partial charge in [-0.2, -0.15) is 0 Å². The largest absolute Gasteiger partial charge is 0.368 e. The highest BCUT2D eigenvalue weighted by Gasteiger charge is 2.38. The van der Waals surface area contributed by atoms with Crippen molar-refractivity contribution in [2.24, 2.45) is 5.92 Å². The van der Waals surface area contributed by atoms with Crippen molar-refractivity contribution in [2.75, 3.05) is 63.2 Å². The number of hydrogen-bond donors (Lipinski definition) is 2. The minimum absolute atomic E-state index is 0.118. The van der Waals surface area contributed by atoms with E-state index in [1.54, 1.807) is 0 Å². The van der Waals surface area contributed by atoms with E-state index in [1.165, 1.54) is 0 Å². The lowest BCUT2D eigenvalue weighted by Crippen LogP contribution is -2.58. The molecule has 3 atom stereocenters. The number of para-hydroxylation sites is 1. The van der Waals surface area contributed by atoms with Crippen LogP contribution in [0.2, 0.25) is 10.0 Å². The highest BCUT2D eigenvalue weighted by atomic mass is 35.5. The van der Waals surface area contributed by atoms with Gasteiger partial charge in [-0.3, -0.25) is 4.79 Å². The number of piperazine rings is 1. The van der Waals surface area contributed by atoms with Gasteiger partial charge in [0.25, 0.3) is 0 Å². The topological polar surface area (TPSA) is 74.9 Å². The number of aromatic amines is 1. The van der Waals surface area contributed by atoms with Gasteiger partial charge in [-0.1, -0.05) is 48.3 Å². The van der Waals surface area contributed by atoms with Gasteiger partial charge in [-0.25, -0.2) is 4.79 Å². The molecule has 4 aromatic rings. The van der Waals surface area contributed by atoms with E-state index in [-0.39, 0.29) is 23.8 Å². The molecule has 45 heavy (non-hydrogen) atoms. The monoisotopic (exact) mass is 646 g/mol. The molecule has 2 aliphatic heterocycles. The Bertz CT molecular complexity index is 1660. The van der Waals surface area contributed by atoms with Crippen LogP contribution in [-0.2, 0) is 11.2 Å². The maximum Gasteiger partial charge on any atom is 0.318 e. The zero-order valence-electron chi connectivity index (χ0n) is 26.0. The Morgan fingerprint density at radius 3 is 2.42 bits per heavy atom. The third-order valence-corrected chi connectivity index (χ3v) is 9.57. The van der Waals surface area contributed by atoms with Crippen LogP contribution in [0.15, 0.2) is 72.9 Å². The van der Waals surface area contributed by atoms with Crippen LogP contribution in [0.25, 0.3) is 10.9 Å². The predicted molar refractivity (Wildman–Crippen MR) is 184 cm³/mol. The molecule has 6 rings (SSSR count). The minimum Gasteiger partial charge on any atom is -0.368 e. The van der Waals surface area contributed by atoms with E-state index in [1.807, 2.05) is 83.6 Å². The van der Waals surface area contributed by atoms with Crippen molar-refractivity contribution in [1.29, 1.82) is 0 Å². The van der Waals surface area contributed by atoms with E-state index in [2.05, 4.69) is 40.3 Å². The van der Waals surface area contributed by atoms with Crippen LogP contribution in [0, 0.1) is 5.92 Å². The van der Waals surface area contributed by atoms with Crippen molar-refractivity contribution >= 4 is 57.4 Å². The SMILES string of the molecule is CC(c1c[nH]c2ccccc12)C(NC(=O)N1CCN(c2ccc(Cl)cc2)CC1)C(=O)N1C[C@@H](CN(C)C)Cc2cc(Cl)ccc21. The van der Waals surface area contributed by atoms with Gasteiger partial charge in [-0.05, 0) is 86.1 Å². The number of hydrogen-bond acceptors (Lipinski definition) is 4. The second-order valence-corrected chi connectivity index (χ2v) is 13.4. The van der Waals surface area contributed by atoms with Gasteiger partial charge in [0, 0.05) is 83.7 Å². The first-order valence-electron chi connectivity index (χ1n) is 15.5. The molecule has 2 aliphatic rings. The number of nitrogens with one attached hydrogen (secondary N) is 2. The molecule has 0 aliphatic carbocycles. The summed E-state index contributed by atoms with van der Waals surface area (Å²) in [6.07, 6.45) is 2.80. The van der Waals surface area contributed by atoms with Gasteiger partial charge >= 0.3 is 6.03 Å². The van der Waals surface area contributed by atoms with E-state index in [0.717, 1.165) is 46.4 Å². The normalized spacial score (nSPS) is 18.2. The smallest absolute Gasteiger partial charge is 0.318 e. The van der Waals surface area contributed by atoms with E-state index < -0.39 is 6.04 Å². The zero-order chi connectivity index (χ0) is 31.7. The number of nitrogens with zero attached hydrogens (tertiary/aromatic N) is 4. The third-order valence-electron chi connectivity index (χ3n) is 9.09. The zero-order valence-corrected chi connectivity index (χ0v) is 27.5. The van der Waals surface area contributed by atoms with Crippen LogP contribution in [-0.4, -0.2) is 86.1 Å². The number of urea groups is 1. The summed E-state index contributed by atoms with van der Waals surface area (Å²) in [5, 5.41) is 5.60. The van der Waals surface area contributed by atoms with Crippen molar-refractivity contribution in [3.8, 4) is 0 Å². The molecule has 1 saturated heterocycles. The third kappa shape index (κ3) is 6.78. The molecule has 0 bridgehead atoms. The van der Waals surface area contributed by atoms with Gasteiger partial charge in [-0.15, -0.1) is 0 Å². The molecule has 2 N–H and O–H groups in total. The van der Waals surface area contributed by atoms with Crippen LogP contribution < -0.4 is 15.1 Å². The summed E-state index contributed by atoms with van der Waals surface area (Å²) in [6, 6.07) is 20.6. The summed E-state index contributed by atoms with van der Waals surface area (Å²) >= 11 is 12.5. The number of rotatable bonds is 7. The van der Waals surface area contributed by atoms with Gasteiger partial charge in [0.1, 0.15) is 6.04 Å². The molecule has 3 heterocycles. The number of fused-ring (bicyclic) bond motifs is 2. The number of halogens is 2. The molecular weight excluding hydrogens is 607 g/mol. The summed E-state index contributed by atoms with van der Waals surface area (Å²) < 4.78 is 0. The molecule has 0 saturated carbocycles. The Labute approximate surface area is 274 Å². The van der Waals surface area contributed by atoms with Crippen molar-refractivity contribution < 1.29 is 9.59 Å². The van der Waals surface area contributed by atoms with Crippen LogP contribution in [0.3, 0.4) is 0 Å². The fourth-order valence-corrected chi connectivity index (χ4v) is 7.14. The molecule has 0 radical (unpaired) electrons. The highest BCUT2D eigenvalue weighted by molar-refractivity contribution is 6.31. The number of benzene rings is 3. The Balaban J connectivity index is 1.28. The fraction of sp³-hybridized carbons (Fsp3) is 0.371. The average molecular weight is 648 g/mol. The summed E-state index contributed by atoms with van der Waals surface area (Å²) in [5.41, 5.74) is 4.99. The predicted octanol–water partition coefficient (Wildman–Crippen LogP) is 6.25. The molecule has 1 aromatic heterocycles. The number of amides is 3. The van der Waals surface area contributed by atoms with Gasteiger partial charge in [0.15, 0.2) is 0 Å². The van der Waals surface area contributed by atoms with E-state index in [0.29, 0.717) is 42.8 Å². The summed E-state index contributed by atoms with van der Waals surface area (Å²) in [6.45, 7) is 5.91. The van der Waals surface area contributed by atoms with Crippen LogP contribution in [0.5, 0.6) is 0 Å². The number of anilines is 2. The highest BCUT2D eigenvalue weighted by Crippen LogP contribution is 2.35. The lowest BCUT2D eigenvalue weighted by Gasteiger charge is -2.40. The van der Waals surface area contributed by atoms with Crippen LogP contribution >= 0.6 is 23.2 Å². The molecule has 8 nitrogen and oxygen atoms in total. The van der Waals surface area contributed by atoms with Crippen LogP contribution in [0.1, 0.15) is 24.0 Å². The molecule has 10 heteroatoms. The second-order valence-electron chi connectivity index (χ2n) is 12.5. The van der Waals surface area contributed by atoms with Crippen molar-refractivity contribution in [3.05, 3.63) is 94.1 Å². The Morgan fingerprint density at radius 2 is 1.69 bits per heavy atom. The van der Waals surface area contributed by atoms with E-state index >= 15 is 0 Å². The Hall–Kier alpha value is -3.72. The number of carbonyl (C=O) groups excluding carboxylic acids is 2. The molecule has 3 aromatic carbocycles. The van der Waals surface area contributed by atoms with Gasteiger partial charge in [0.05, 0.1) is 0 Å². The van der Waals surface area contributed by atoms with Crippen molar-refractivity contribution in [3.63, 3.8) is 0 Å². The lowest BCUT2D eigenvalue weighted by molar-refractivity contribution is -0.121. The van der Waals surface area contributed by atoms with Crippen LogP contribution in [0.4, 0.5) is 16.2 Å². The fourth-order valence-electron chi connectivity index (χ4n) is 6.82. The van der Waals surface area contributed by atoms with E-state index in [4.69, 9.17) is 23.2 Å². The number of H-pyrrole nitrogens is 1. The average Bonchev–Trinajstić information content (AvgIpc) is 3.47. The number of carbonyl (C=O) groups is 2. The van der Waals surface area contributed by atoms with Crippen molar-refractivity contribution in [1.82, 2.24) is 20.1 Å². The molecule has 3 amide bonds. The molecule has 1 fully saturated rings. The second kappa shape index (κ2) is 13.3. The number of aromatic nitrogens is 1. The summed E-state index contributed by atoms with van der Waals surface area (Å²) in [4.78, 5) is 40.1. The quantitative estimate of drug-likeness (QED) is 0.249.